The fourth-order valence-electron chi connectivity index (χ4n) is 1.37. The zero-order valence-corrected chi connectivity index (χ0v) is 9.53. The highest BCUT2D eigenvalue weighted by Gasteiger charge is 2.15. The van der Waals surface area contributed by atoms with Gasteiger partial charge >= 0.3 is 0 Å². The van der Waals surface area contributed by atoms with Crippen LogP contribution in [-0.2, 0) is 9.59 Å². The van der Waals surface area contributed by atoms with Crippen LogP contribution in [0.2, 0.25) is 0 Å². The average molecular weight is 219 g/mol. The number of nitrogens with zero attached hydrogens (tertiary/aromatic N) is 1. The number of carbonyl (C=O) groups is 3. The van der Waals surface area contributed by atoms with Crippen molar-refractivity contribution in [2.24, 2.45) is 0 Å². The molecular weight excluding hydrogens is 206 g/mol. The molecule has 0 aliphatic carbocycles. The first-order valence-electron chi connectivity index (χ1n) is 4.92. The summed E-state index contributed by atoms with van der Waals surface area (Å²) in [6, 6.07) is 3.23. The molecule has 1 aromatic rings. The highest BCUT2D eigenvalue weighted by molar-refractivity contribution is 6.40. The predicted octanol–water partition coefficient (Wildman–Crippen LogP) is 1.43. The summed E-state index contributed by atoms with van der Waals surface area (Å²) in [6.07, 6.45) is -0.363. The van der Waals surface area contributed by atoms with Gasteiger partial charge < -0.3 is 0 Å². The molecule has 84 valence electrons. The highest BCUT2D eigenvalue weighted by Crippen LogP contribution is 2.08. The van der Waals surface area contributed by atoms with Crippen molar-refractivity contribution in [3.8, 4) is 0 Å². The summed E-state index contributed by atoms with van der Waals surface area (Å²) in [5.74, 6) is -1.58. The Morgan fingerprint density at radius 3 is 2.06 bits per heavy atom. The molecule has 0 unspecified atom stereocenters. The van der Waals surface area contributed by atoms with Gasteiger partial charge in [0.25, 0.3) is 0 Å². The first-order valence-corrected chi connectivity index (χ1v) is 4.92. The van der Waals surface area contributed by atoms with Crippen LogP contribution in [0.15, 0.2) is 12.1 Å². The fraction of sp³-hybridized carbons (Fsp3) is 0.333. The number of ketones is 3. The Kier molecular flexibility index (Phi) is 3.66. The summed E-state index contributed by atoms with van der Waals surface area (Å²) in [5, 5.41) is 0. The summed E-state index contributed by atoms with van der Waals surface area (Å²) in [4.78, 5) is 37.6. The van der Waals surface area contributed by atoms with Gasteiger partial charge in [0.1, 0.15) is 0 Å². The normalized spacial score (nSPS) is 9.94. The fourth-order valence-corrected chi connectivity index (χ4v) is 1.37. The van der Waals surface area contributed by atoms with Gasteiger partial charge in [-0.3, -0.25) is 19.4 Å². The Labute approximate surface area is 93.7 Å². The topological polar surface area (TPSA) is 64.1 Å². The lowest BCUT2D eigenvalue weighted by molar-refractivity contribution is -0.134. The van der Waals surface area contributed by atoms with Crippen molar-refractivity contribution < 1.29 is 14.4 Å². The zero-order valence-electron chi connectivity index (χ0n) is 9.53. The minimum Gasteiger partial charge on any atom is -0.294 e. The van der Waals surface area contributed by atoms with Gasteiger partial charge in [-0.15, -0.1) is 0 Å². The number of pyridine rings is 1. The quantitative estimate of drug-likeness (QED) is 0.436. The van der Waals surface area contributed by atoms with E-state index < -0.39 is 11.6 Å². The van der Waals surface area contributed by atoms with Crippen LogP contribution in [0.4, 0.5) is 0 Å². The molecule has 0 radical (unpaired) electrons. The van der Waals surface area contributed by atoms with Crippen LogP contribution in [0.25, 0.3) is 0 Å². The molecule has 4 heteroatoms. The molecule has 0 spiro atoms. The number of hydrogen-bond acceptors (Lipinski definition) is 4. The first-order chi connectivity index (χ1) is 7.40. The Hall–Kier alpha value is -1.84. The van der Waals surface area contributed by atoms with E-state index >= 15 is 0 Å². The molecule has 1 heterocycles. The van der Waals surface area contributed by atoms with E-state index in [4.69, 9.17) is 0 Å². The van der Waals surface area contributed by atoms with Crippen molar-refractivity contribution >= 4 is 17.3 Å². The molecule has 0 N–H and O–H groups in total. The molecule has 4 nitrogen and oxygen atoms in total. The van der Waals surface area contributed by atoms with Crippen LogP contribution in [0.5, 0.6) is 0 Å². The number of aromatic nitrogens is 1. The minimum atomic E-state index is -0.655. The Balaban J connectivity index is 2.89. The smallest absolute Gasteiger partial charge is 0.205 e. The van der Waals surface area contributed by atoms with Crippen LogP contribution in [0.1, 0.15) is 35.1 Å². The number of aryl methyl sites for hydroxylation is 2. The van der Waals surface area contributed by atoms with E-state index in [1.165, 1.54) is 6.92 Å². The van der Waals surface area contributed by atoms with E-state index in [9.17, 15) is 14.4 Å². The second-order valence-corrected chi connectivity index (χ2v) is 3.72. The molecule has 0 amide bonds. The van der Waals surface area contributed by atoms with Gasteiger partial charge in [0.15, 0.2) is 11.6 Å². The molecule has 16 heavy (non-hydrogen) atoms. The molecule has 0 atom stereocenters. The molecule has 0 aromatic carbocycles. The van der Waals surface area contributed by atoms with E-state index in [1.54, 1.807) is 26.0 Å². The summed E-state index contributed by atoms with van der Waals surface area (Å²) < 4.78 is 0. The third kappa shape index (κ3) is 3.08. The van der Waals surface area contributed by atoms with Gasteiger partial charge in [-0.05, 0) is 26.0 Å². The third-order valence-corrected chi connectivity index (χ3v) is 2.12. The molecule has 1 aromatic heterocycles. The SMILES string of the molecule is CC(=O)C(=O)CC(=O)c1cc(C)nc(C)c1. The maximum atomic E-state index is 11.7. The molecule has 0 saturated carbocycles. The maximum absolute atomic E-state index is 11.7. The summed E-state index contributed by atoms with van der Waals surface area (Å²) in [7, 11) is 0. The number of hydrogen-bond donors (Lipinski definition) is 0. The van der Waals surface area contributed by atoms with Crippen molar-refractivity contribution in [2.75, 3.05) is 0 Å². The number of Topliss-reactive ketones (excluding diaryl/α,β-unsaturated/α-hetero) is 3. The van der Waals surface area contributed by atoms with Gasteiger partial charge in [0.2, 0.25) is 5.78 Å². The van der Waals surface area contributed by atoms with Crippen LogP contribution in [-0.4, -0.2) is 22.3 Å². The van der Waals surface area contributed by atoms with Gasteiger partial charge in [0, 0.05) is 23.9 Å². The zero-order chi connectivity index (χ0) is 12.3. The largest absolute Gasteiger partial charge is 0.294 e. The molecule has 1 rings (SSSR count). The average Bonchev–Trinajstić information content (AvgIpc) is 2.15. The van der Waals surface area contributed by atoms with E-state index in [0.717, 1.165) is 11.4 Å². The van der Waals surface area contributed by atoms with Gasteiger partial charge in [-0.25, -0.2) is 0 Å². The van der Waals surface area contributed by atoms with Crippen molar-refractivity contribution in [2.45, 2.75) is 27.2 Å². The Bertz CT molecular complexity index is 443. The van der Waals surface area contributed by atoms with E-state index in [1.807, 2.05) is 0 Å². The lowest BCUT2D eigenvalue weighted by Gasteiger charge is -2.02. The van der Waals surface area contributed by atoms with Gasteiger partial charge in [-0.2, -0.15) is 0 Å². The monoisotopic (exact) mass is 219 g/mol. The summed E-state index contributed by atoms with van der Waals surface area (Å²) in [5.41, 5.74) is 1.87. The summed E-state index contributed by atoms with van der Waals surface area (Å²) >= 11 is 0. The molecule has 0 aliphatic rings. The minimum absolute atomic E-state index is 0.339. The second kappa shape index (κ2) is 4.79. The van der Waals surface area contributed by atoms with E-state index in [0.29, 0.717) is 5.56 Å². The Morgan fingerprint density at radius 2 is 1.62 bits per heavy atom. The van der Waals surface area contributed by atoms with Crippen molar-refractivity contribution in [1.29, 1.82) is 0 Å². The molecule has 0 bridgehead atoms. The highest BCUT2D eigenvalue weighted by atomic mass is 16.2. The van der Waals surface area contributed by atoms with Gasteiger partial charge in [-0.1, -0.05) is 0 Å². The standard InChI is InChI=1S/C12H13NO3/c1-7-4-10(5-8(2)13-7)12(16)6-11(15)9(3)14/h4-5H,6H2,1-3H3. The lowest BCUT2D eigenvalue weighted by Crippen LogP contribution is -2.15. The number of rotatable bonds is 4. The van der Waals surface area contributed by atoms with Crippen molar-refractivity contribution in [3.63, 3.8) is 0 Å². The van der Waals surface area contributed by atoms with Crippen molar-refractivity contribution in [1.82, 2.24) is 4.98 Å². The van der Waals surface area contributed by atoms with E-state index in [2.05, 4.69) is 4.98 Å². The van der Waals surface area contributed by atoms with Crippen LogP contribution in [0, 0.1) is 13.8 Å². The molecule has 0 aliphatic heterocycles. The lowest BCUT2D eigenvalue weighted by atomic mass is 10.0. The predicted molar refractivity (Wildman–Crippen MR) is 58.3 cm³/mol. The molecular formula is C12H13NO3. The third-order valence-electron chi connectivity index (χ3n) is 2.12. The molecule has 0 fully saturated rings. The van der Waals surface area contributed by atoms with E-state index in [-0.39, 0.29) is 12.2 Å². The van der Waals surface area contributed by atoms with Gasteiger partial charge in [0.05, 0.1) is 6.42 Å². The first kappa shape index (κ1) is 12.2. The Morgan fingerprint density at radius 1 is 1.12 bits per heavy atom. The maximum Gasteiger partial charge on any atom is 0.205 e. The molecule has 0 saturated heterocycles. The van der Waals surface area contributed by atoms with Crippen LogP contribution >= 0.6 is 0 Å². The van der Waals surface area contributed by atoms with Crippen LogP contribution < -0.4 is 0 Å². The second-order valence-electron chi connectivity index (χ2n) is 3.72. The summed E-state index contributed by atoms with van der Waals surface area (Å²) in [6.45, 7) is 4.71. The van der Waals surface area contributed by atoms with Crippen LogP contribution in [0.3, 0.4) is 0 Å². The van der Waals surface area contributed by atoms with Crippen molar-refractivity contribution in [3.05, 3.63) is 29.1 Å². The number of carbonyl (C=O) groups excluding carboxylic acids is 3.